The number of rotatable bonds is 7. The Morgan fingerprint density at radius 3 is 2.26 bits per heavy atom. The molecule has 3 fully saturated rings. The number of hydrogen-bond acceptors (Lipinski definition) is 9. The van der Waals surface area contributed by atoms with Crippen molar-refractivity contribution in [1.82, 2.24) is 9.99 Å². The van der Waals surface area contributed by atoms with Crippen LogP contribution in [-0.4, -0.2) is 51.6 Å². The maximum absolute atomic E-state index is 15.3. The standard InChI is InChI=1S/C41H31Cl2F3N4O7/c1-19(51)20-3-10-25(11-4-20)49-36(53)27-13-12-26-28(33(27)38(49)55)17-29-37(54)50(48-35-30(43)16-23(18-47-35)41(44,45)46)39(56)40(29,22-6-8-24(42)9-7-22)34(26)21-5-14-32(57-2)31(52)15-21/h3-12,14-16,18,27-29,33-34,52H,13,17H2,1-2H3,(H,47,48)/t27-,28+,29-,33-,34-,40+/m0/s1. The van der Waals surface area contributed by atoms with Gasteiger partial charge in [-0.3, -0.25) is 34.3 Å². The van der Waals surface area contributed by atoms with Crippen LogP contribution in [0.25, 0.3) is 0 Å². The molecule has 2 N–H and O–H groups in total. The van der Waals surface area contributed by atoms with Crippen LogP contribution in [0.1, 0.15) is 52.7 Å². The Morgan fingerprint density at radius 2 is 1.65 bits per heavy atom. The van der Waals surface area contributed by atoms with Crippen molar-refractivity contribution >= 4 is 64.1 Å². The van der Waals surface area contributed by atoms with E-state index in [1.54, 1.807) is 30.3 Å². The fraction of sp³-hybridized carbons (Fsp3) is 0.268. The SMILES string of the molecule is COc1ccc([C@H]2C3=CC[C@@H]4C(=O)N(c5ccc(C(C)=O)cc5)C(=O)[C@@H]4[C@@H]3C[C@H]3C(=O)N(Nc4ncc(C(F)(F)F)cc4Cl)C(=O)[C@@]23c2ccc(Cl)cc2)cc1O. The lowest BCUT2D eigenvalue weighted by Crippen LogP contribution is -2.53. The van der Waals surface area contributed by atoms with Crippen LogP contribution in [0.2, 0.25) is 10.0 Å². The van der Waals surface area contributed by atoms with Gasteiger partial charge in [0.2, 0.25) is 11.8 Å². The predicted molar refractivity (Wildman–Crippen MR) is 200 cm³/mol. The quantitative estimate of drug-likeness (QED) is 0.110. The summed E-state index contributed by atoms with van der Waals surface area (Å²) in [6, 6.07) is 17.6. The summed E-state index contributed by atoms with van der Waals surface area (Å²) in [5.41, 5.74) is 1.64. The highest BCUT2D eigenvalue weighted by atomic mass is 35.5. The number of amides is 4. The minimum atomic E-state index is -4.77. The van der Waals surface area contributed by atoms with Crippen molar-refractivity contribution < 1.29 is 47.0 Å². The van der Waals surface area contributed by atoms with E-state index in [1.807, 2.05) is 6.08 Å². The van der Waals surface area contributed by atoms with Gasteiger partial charge in [-0.1, -0.05) is 53.1 Å². The molecule has 0 spiro atoms. The number of aromatic nitrogens is 1. The van der Waals surface area contributed by atoms with Crippen molar-refractivity contribution in [3.05, 3.63) is 123 Å². The Morgan fingerprint density at radius 1 is 0.947 bits per heavy atom. The van der Waals surface area contributed by atoms with Gasteiger partial charge < -0.3 is 9.84 Å². The molecule has 11 nitrogen and oxygen atoms in total. The number of halogens is 5. The van der Waals surface area contributed by atoms with Gasteiger partial charge in [0, 0.05) is 22.7 Å². The molecule has 3 aromatic carbocycles. The lowest BCUT2D eigenvalue weighted by atomic mass is 9.49. The van der Waals surface area contributed by atoms with Crippen molar-refractivity contribution in [2.75, 3.05) is 17.4 Å². The van der Waals surface area contributed by atoms with E-state index in [0.717, 1.165) is 4.90 Å². The Hall–Kier alpha value is -5.73. The monoisotopic (exact) mass is 818 g/mol. The van der Waals surface area contributed by atoms with Gasteiger partial charge in [0.1, 0.15) is 0 Å². The number of phenolic OH excluding ortho intramolecular Hbond substituents is 1. The molecule has 8 rings (SSSR count). The number of phenols is 1. The second-order valence-corrected chi connectivity index (χ2v) is 15.3. The number of carbonyl (C=O) groups is 5. The maximum Gasteiger partial charge on any atom is 0.417 e. The molecule has 2 aliphatic carbocycles. The van der Waals surface area contributed by atoms with Crippen LogP contribution in [0.5, 0.6) is 11.5 Å². The highest BCUT2D eigenvalue weighted by molar-refractivity contribution is 6.33. The number of carbonyl (C=O) groups excluding carboxylic acids is 5. The molecular formula is C41H31Cl2F3N4O7. The number of ether oxygens (including phenoxy) is 1. The van der Waals surface area contributed by atoms with Crippen LogP contribution in [0.3, 0.4) is 0 Å². The Kier molecular flexibility index (Phi) is 9.19. The van der Waals surface area contributed by atoms with Gasteiger partial charge in [0.15, 0.2) is 23.1 Å². The number of methoxy groups -OCH3 is 1. The van der Waals surface area contributed by atoms with Crippen LogP contribution < -0.4 is 15.1 Å². The third-order valence-corrected chi connectivity index (χ3v) is 12.2. The van der Waals surface area contributed by atoms with E-state index in [1.165, 1.54) is 50.4 Å². The summed E-state index contributed by atoms with van der Waals surface area (Å²) in [4.78, 5) is 75.6. The lowest BCUT2D eigenvalue weighted by molar-refractivity contribution is -0.139. The summed E-state index contributed by atoms with van der Waals surface area (Å²) in [5, 5.41) is 11.6. The summed E-state index contributed by atoms with van der Waals surface area (Å²) in [6.45, 7) is 1.40. The number of nitrogens with one attached hydrogen (secondary N) is 1. The van der Waals surface area contributed by atoms with Crippen molar-refractivity contribution in [2.24, 2.45) is 23.7 Å². The molecule has 3 heterocycles. The molecule has 2 aliphatic heterocycles. The summed E-state index contributed by atoms with van der Waals surface area (Å²) < 4.78 is 45.8. The molecule has 4 aromatic rings. The zero-order valence-corrected chi connectivity index (χ0v) is 31.5. The number of hydrazine groups is 1. The average molecular weight is 820 g/mol. The molecule has 1 saturated carbocycles. The Labute approximate surface area is 333 Å². The van der Waals surface area contributed by atoms with Crippen molar-refractivity contribution in [3.63, 3.8) is 0 Å². The molecule has 0 radical (unpaired) electrons. The van der Waals surface area contributed by atoms with Gasteiger partial charge in [-0.05, 0) is 91.4 Å². The van der Waals surface area contributed by atoms with Crippen LogP contribution in [0, 0.1) is 23.7 Å². The fourth-order valence-corrected chi connectivity index (χ4v) is 9.48. The number of hydrogen-bond donors (Lipinski definition) is 2. The van der Waals surface area contributed by atoms with E-state index in [9.17, 15) is 37.5 Å². The molecule has 16 heteroatoms. The summed E-state index contributed by atoms with van der Waals surface area (Å²) in [5.74, 6) is -8.13. The minimum absolute atomic E-state index is 0.0959. The van der Waals surface area contributed by atoms with Gasteiger partial charge in [-0.2, -0.15) is 18.2 Å². The Balaban J connectivity index is 1.30. The zero-order chi connectivity index (χ0) is 40.7. The number of Topliss-reactive ketones (excluding diaryl/α,β-unsaturated/α-hetero) is 1. The molecule has 6 atom stereocenters. The number of anilines is 2. The maximum atomic E-state index is 15.3. The predicted octanol–water partition coefficient (Wildman–Crippen LogP) is 7.51. The highest BCUT2D eigenvalue weighted by Gasteiger charge is 2.70. The first kappa shape index (κ1) is 38.2. The normalized spacial score (nSPS) is 25.5. The van der Waals surface area contributed by atoms with Crippen LogP contribution in [-0.2, 0) is 30.8 Å². The molecule has 4 aliphatic rings. The fourth-order valence-electron chi connectivity index (χ4n) is 9.14. The van der Waals surface area contributed by atoms with Crippen LogP contribution in [0.4, 0.5) is 24.7 Å². The second-order valence-electron chi connectivity index (χ2n) is 14.5. The molecule has 2 saturated heterocycles. The zero-order valence-electron chi connectivity index (χ0n) is 30.0. The second kappa shape index (κ2) is 13.7. The molecule has 4 amide bonds. The van der Waals surface area contributed by atoms with Crippen LogP contribution >= 0.6 is 23.2 Å². The van der Waals surface area contributed by atoms with E-state index in [0.29, 0.717) is 44.6 Å². The minimum Gasteiger partial charge on any atom is -0.504 e. The summed E-state index contributed by atoms with van der Waals surface area (Å²) in [6.07, 6.45) is -2.42. The number of allylic oxidation sites excluding steroid dienone is 2. The number of ketones is 1. The van der Waals surface area contributed by atoms with Gasteiger partial charge in [-0.25, -0.2) is 4.98 Å². The first-order valence-electron chi connectivity index (χ1n) is 17.8. The van der Waals surface area contributed by atoms with Crippen molar-refractivity contribution in [3.8, 4) is 11.5 Å². The molecule has 57 heavy (non-hydrogen) atoms. The van der Waals surface area contributed by atoms with E-state index in [-0.39, 0.29) is 35.8 Å². The van der Waals surface area contributed by atoms with Gasteiger partial charge in [0.05, 0.1) is 46.6 Å². The average Bonchev–Trinajstić information content (AvgIpc) is 3.56. The number of benzene rings is 3. The number of imide groups is 2. The molecule has 0 unspecified atom stereocenters. The summed E-state index contributed by atoms with van der Waals surface area (Å²) >= 11 is 12.6. The van der Waals surface area contributed by atoms with Crippen molar-refractivity contribution in [2.45, 2.75) is 37.3 Å². The topological polar surface area (TPSA) is 146 Å². The first-order chi connectivity index (χ1) is 27.1. The number of pyridine rings is 1. The molecule has 292 valence electrons. The third kappa shape index (κ3) is 5.87. The number of fused-ring (bicyclic) bond motifs is 4. The molecule has 1 aromatic heterocycles. The van der Waals surface area contributed by atoms with E-state index >= 15 is 4.79 Å². The third-order valence-electron chi connectivity index (χ3n) is 11.6. The summed E-state index contributed by atoms with van der Waals surface area (Å²) in [7, 11) is 1.37. The lowest BCUT2D eigenvalue weighted by Gasteiger charge is -2.50. The number of alkyl halides is 3. The molecule has 0 bridgehead atoms. The van der Waals surface area contributed by atoms with Gasteiger partial charge in [0.25, 0.3) is 11.8 Å². The van der Waals surface area contributed by atoms with E-state index in [4.69, 9.17) is 27.9 Å². The Bertz CT molecular complexity index is 2420. The largest absolute Gasteiger partial charge is 0.504 e. The van der Waals surface area contributed by atoms with Crippen molar-refractivity contribution in [1.29, 1.82) is 0 Å². The smallest absolute Gasteiger partial charge is 0.417 e. The molecular weight excluding hydrogens is 788 g/mol. The number of aromatic hydroxyl groups is 1. The van der Waals surface area contributed by atoms with Gasteiger partial charge in [-0.15, -0.1) is 0 Å². The van der Waals surface area contributed by atoms with Gasteiger partial charge >= 0.3 is 6.18 Å². The van der Waals surface area contributed by atoms with Crippen LogP contribution in [0.15, 0.2) is 90.6 Å². The first-order valence-corrected chi connectivity index (χ1v) is 18.5. The number of nitrogens with zero attached hydrogens (tertiary/aromatic N) is 3. The van der Waals surface area contributed by atoms with E-state index < -0.39 is 81.2 Å². The highest BCUT2D eigenvalue weighted by Crippen LogP contribution is 2.64. The van der Waals surface area contributed by atoms with E-state index in [2.05, 4.69) is 10.4 Å².